The van der Waals surface area contributed by atoms with E-state index in [1.54, 1.807) is 6.26 Å². The normalized spacial score (nSPS) is 21.8. The van der Waals surface area contributed by atoms with Gasteiger partial charge in [-0.25, -0.2) is 0 Å². The first-order valence-electron chi connectivity index (χ1n) is 6.45. The summed E-state index contributed by atoms with van der Waals surface area (Å²) in [5, 5.41) is 3.39. The van der Waals surface area contributed by atoms with E-state index in [-0.39, 0.29) is 0 Å². The highest BCUT2D eigenvalue weighted by atomic mass is 16.5. The Kier molecular flexibility index (Phi) is 5.04. The molecule has 1 saturated heterocycles. The Morgan fingerprint density at radius 1 is 1.53 bits per heavy atom. The Labute approximate surface area is 103 Å². The summed E-state index contributed by atoms with van der Waals surface area (Å²) in [6.45, 7) is 8.07. The van der Waals surface area contributed by atoms with Gasteiger partial charge >= 0.3 is 0 Å². The maximum absolute atomic E-state index is 5.65. The van der Waals surface area contributed by atoms with Crippen LogP contribution in [-0.4, -0.2) is 43.8 Å². The van der Waals surface area contributed by atoms with Crippen molar-refractivity contribution in [1.29, 1.82) is 0 Å². The highest BCUT2D eigenvalue weighted by Gasteiger charge is 2.17. The standard InChI is InChI=1S/C13H22N2O2/c1-2-12-11-15(7-9-17-12)6-5-14-10-13-4-3-8-16-13/h3-4,8,12,14H,2,5-7,9-11H2,1H3. The smallest absolute Gasteiger partial charge is 0.117 e. The molecule has 0 bridgehead atoms. The van der Waals surface area contributed by atoms with Gasteiger partial charge in [-0.05, 0) is 18.6 Å². The molecule has 4 heteroatoms. The lowest BCUT2D eigenvalue weighted by Crippen LogP contribution is -2.44. The molecular weight excluding hydrogens is 216 g/mol. The van der Waals surface area contributed by atoms with E-state index in [9.17, 15) is 0 Å². The van der Waals surface area contributed by atoms with Crippen LogP contribution in [0.15, 0.2) is 22.8 Å². The van der Waals surface area contributed by atoms with Gasteiger partial charge in [0, 0.05) is 26.2 Å². The van der Waals surface area contributed by atoms with Crippen molar-refractivity contribution in [2.75, 3.05) is 32.8 Å². The van der Waals surface area contributed by atoms with Crippen molar-refractivity contribution in [1.82, 2.24) is 10.2 Å². The first-order valence-corrected chi connectivity index (χ1v) is 6.45. The summed E-state index contributed by atoms with van der Waals surface area (Å²) in [6, 6.07) is 3.92. The number of rotatable bonds is 6. The number of ether oxygens (including phenoxy) is 1. The Hall–Kier alpha value is -0.840. The van der Waals surface area contributed by atoms with Gasteiger partial charge in [-0.3, -0.25) is 4.90 Å². The van der Waals surface area contributed by atoms with Crippen molar-refractivity contribution < 1.29 is 9.15 Å². The Morgan fingerprint density at radius 3 is 3.24 bits per heavy atom. The van der Waals surface area contributed by atoms with Crippen LogP contribution in [0, 0.1) is 0 Å². The summed E-state index contributed by atoms with van der Waals surface area (Å²) in [5.41, 5.74) is 0. The summed E-state index contributed by atoms with van der Waals surface area (Å²) in [6.07, 6.45) is 3.25. The summed E-state index contributed by atoms with van der Waals surface area (Å²) in [5.74, 6) is 0.999. The number of nitrogens with one attached hydrogen (secondary N) is 1. The molecule has 1 fully saturated rings. The van der Waals surface area contributed by atoms with E-state index in [1.165, 1.54) is 0 Å². The van der Waals surface area contributed by atoms with E-state index in [0.717, 1.165) is 51.5 Å². The van der Waals surface area contributed by atoms with Crippen LogP contribution in [0.5, 0.6) is 0 Å². The van der Waals surface area contributed by atoms with E-state index >= 15 is 0 Å². The van der Waals surface area contributed by atoms with Crippen LogP contribution in [0.25, 0.3) is 0 Å². The summed E-state index contributed by atoms with van der Waals surface area (Å²) >= 11 is 0. The minimum atomic E-state index is 0.425. The van der Waals surface area contributed by atoms with Crippen LogP contribution in [-0.2, 0) is 11.3 Å². The van der Waals surface area contributed by atoms with Crippen LogP contribution >= 0.6 is 0 Å². The lowest BCUT2D eigenvalue weighted by molar-refractivity contribution is -0.0291. The number of hydrogen-bond donors (Lipinski definition) is 1. The quantitative estimate of drug-likeness (QED) is 0.762. The van der Waals surface area contributed by atoms with Gasteiger partial charge in [0.05, 0.1) is 25.5 Å². The second kappa shape index (κ2) is 6.79. The van der Waals surface area contributed by atoms with Crippen molar-refractivity contribution in [2.24, 2.45) is 0 Å². The SMILES string of the molecule is CCC1CN(CCNCc2ccco2)CCO1. The Morgan fingerprint density at radius 2 is 2.47 bits per heavy atom. The molecule has 1 aliphatic rings. The van der Waals surface area contributed by atoms with Gasteiger partial charge in [0.2, 0.25) is 0 Å². The van der Waals surface area contributed by atoms with Crippen LogP contribution in [0.1, 0.15) is 19.1 Å². The molecule has 1 aromatic heterocycles. The molecule has 1 N–H and O–H groups in total. The Bertz CT molecular complexity index is 300. The van der Waals surface area contributed by atoms with Gasteiger partial charge < -0.3 is 14.5 Å². The molecule has 0 radical (unpaired) electrons. The number of morpholine rings is 1. The predicted octanol–water partition coefficient (Wildman–Crippen LogP) is 1.48. The monoisotopic (exact) mass is 238 g/mol. The molecule has 96 valence electrons. The van der Waals surface area contributed by atoms with Gasteiger partial charge in [0.25, 0.3) is 0 Å². The van der Waals surface area contributed by atoms with E-state index in [1.807, 2.05) is 12.1 Å². The van der Waals surface area contributed by atoms with Gasteiger partial charge in [0.1, 0.15) is 5.76 Å². The minimum Gasteiger partial charge on any atom is -0.468 e. The topological polar surface area (TPSA) is 37.6 Å². The minimum absolute atomic E-state index is 0.425. The van der Waals surface area contributed by atoms with Crippen molar-refractivity contribution in [3.05, 3.63) is 24.2 Å². The molecule has 1 aromatic rings. The van der Waals surface area contributed by atoms with Crippen molar-refractivity contribution in [3.8, 4) is 0 Å². The fourth-order valence-electron chi connectivity index (χ4n) is 2.09. The van der Waals surface area contributed by atoms with E-state index in [2.05, 4.69) is 17.1 Å². The largest absolute Gasteiger partial charge is 0.468 e. The zero-order chi connectivity index (χ0) is 11.9. The summed E-state index contributed by atoms with van der Waals surface area (Å²) < 4.78 is 10.9. The summed E-state index contributed by atoms with van der Waals surface area (Å²) in [7, 11) is 0. The van der Waals surface area contributed by atoms with E-state index in [4.69, 9.17) is 9.15 Å². The molecule has 2 heterocycles. The van der Waals surface area contributed by atoms with Gasteiger partial charge in [-0.2, -0.15) is 0 Å². The van der Waals surface area contributed by atoms with Crippen LogP contribution in [0.2, 0.25) is 0 Å². The number of furan rings is 1. The Balaban J connectivity index is 1.58. The van der Waals surface area contributed by atoms with Crippen LogP contribution in [0.3, 0.4) is 0 Å². The maximum atomic E-state index is 5.65. The average molecular weight is 238 g/mol. The lowest BCUT2D eigenvalue weighted by atomic mass is 10.2. The van der Waals surface area contributed by atoms with Crippen molar-refractivity contribution in [2.45, 2.75) is 26.0 Å². The first-order chi connectivity index (χ1) is 8.38. The average Bonchev–Trinajstić information content (AvgIpc) is 2.88. The molecule has 0 saturated carbocycles. The fourth-order valence-corrected chi connectivity index (χ4v) is 2.09. The predicted molar refractivity (Wildman–Crippen MR) is 66.9 cm³/mol. The van der Waals surface area contributed by atoms with Crippen molar-refractivity contribution in [3.63, 3.8) is 0 Å². The number of hydrogen-bond acceptors (Lipinski definition) is 4. The van der Waals surface area contributed by atoms with Crippen LogP contribution < -0.4 is 5.32 Å². The molecule has 17 heavy (non-hydrogen) atoms. The highest BCUT2D eigenvalue weighted by Crippen LogP contribution is 2.07. The molecule has 1 unspecified atom stereocenters. The second-order valence-corrected chi connectivity index (χ2v) is 4.46. The zero-order valence-electron chi connectivity index (χ0n) is 10.5. The molecule has 0 amide bonds. The maximum Gasteiger partial charge on any atom is 0.117 e. The highest BCUT2D eigenvalue weighted by molar-refractivity contribution is 4.97. The number of nitrogens with zero attached hydrogens (tertiary/aromatic N) is 1. The molecular formula is C13H22N2O2. The third kappa shape index (κ3) is 4.15. The third-order valence-corrected chi connectivity index (χ3v) is 3.16. The van der Waals surface area contributed by atoms with Crippen molar-refractivity contribution >= 4 is 0 Å². The second-order valence-electron chi connectivity index (χ2n) is 4.46. The van der Waals surface area contributed by atoms with E-state index < -0.39 is 0 Å². The van der Waals surface area contributed by atoms with E-state index in [0.29, 0.717) is 6.10 Å². The molecule has 0 aliphatic carbocycles. The lowest BCUT2D eigenvalue weighted by Gasteiger charge is -2.32. The van der Waals surface area contributed by atoms with Gasteiger partial charge in [0.15, 0.2) is 0 Å². The van der Waals surface area contributed by atoms with Gasteiger partial charge in [-0.1, -0.05) is 6.92 Å². The molecule has 1 atom stereocenters. The zero-order valence-corrected chi connectivity index (χ0v) is 10.5. The molecule has 2 rings (SSSR count). The third-order valence-electron chi connectivity index (χ3n) is 3.16. The molecule has 0 spiro atoms. The molecule has 1 aliphatic heterocycles. The fraction of sp³-hybridized carbons (Fsp3) is 0.692. The first kappa shape index (κ1) is 12.6. The molecule has 4 nitrogen and oxygen atoms in total. The van der Waals surface area contributed by atoms with Gasteiger partial charge in [-0.15, -0.1) is 0 Å². The molecule has 0 aromatic carbocycles. The summed E-state index contributed by atoms with van der Waals surface area (Å²) in [4.78, 5) is 2.47. The van der Waals surface area contributed by atoms with Crippen LogP contribution in [0.4, 0.5) is 0 Å².